The average molecular weight is 446 g/mol. The van der Waals surface area contributed by atoms with Crippen LogP contribution in [-0.2, 0) is 20.4 Å². The normalized spacial score (nSPS) is 11.2. The number of nitrogens with zero attached hydrogens (tertiary/aromatic N) is 3. The van der Waals surface area contributed by atoms with Crippen molar-refractivity contribution in [2.45, 2.75) is 46.2 Å². The Balaban J connectivity index is -0.0000000896. The van der Waals surface area contributed by atoms with Crippen LogP contribution >= 0.6 is 0 Å². The SMILES string of the molecule is CC=CC=[CH][Ti+3].C[N-]C.C[N-]C.C[N-]C.C[Si](C)(C)C=CC=C[Si](C)(C)C. The molecular weight excluding hydrogens is 398 g/mol. The molecule has 0 unspecified atom stereocenters. The molecule has 0 rings (SSSR count). The number of rotatable bonds is 4. The van der Waals surface area contributed by atoms with Gasteiger partial charge in [-0.15, -0.1) is 0 Å². The van der Waals surface area contributed by atoms with Gasteiger partial charge in [0.05, 0.1) is 16.1 Å². The fourth-order valence-corrected chi connectivity index (χ4v) is 2.41. The first-order chi connectivity index (χ1) is 12.4. The maximum absolute atomic E-state index is 3.50. The van der Waals surface area contributed by atoms with Crippen molar-refractivity contribution in [1.82, 2.24) is 0 Å². The summed E-state index contributed by atoms with van der Waals surface area (Å²) in [7, 11) is 8.56. The van der Waals surface area contributed by atoms with Gasteiger partial charge in [-0.05, 0) is 0 Å². The van der Waals surface area contributed by atoms with Crippen molar-refractivity contribution in [3.8, 4) is 0 Å². The van der Waals surface area contributed by atoms with Gasteiger partial charge < -0.3 is 16.0 Å². The maximum atomic E-state index is 3.50. The maximum Gasteiger partial charge on any atom is 0.0686 e. The second kappa shape index (κ2) is 30.7. The smallest absolute Gasteiger partial charge is 0.0686 e. The zero-order valence-corrected chi connectivity index (χ0v) is 24.0. The third kappa shape index (κ3) is 104. The molecule has 0 fully saturated rings. The fourth-order valence-electron chi connectivity index (χ4n) is 0.855. The van der Waals surface area contributed by atoms with Gasteiger partial charge in [0.25, 0.3) is 0 Å². The Hall–Kier alpha value is -0.0119. The number of allylic oxidation sites excluding steroid dienone is 5. The van der Waals surface area contributed by atoms with Crippen LogP contribution in [0, 0.1) is 0 Å². The summed E-state index contributed by atoms with van der Waals surface area (Å²) >= 11 is 2.00. The van der Waals surface area contributed by atoms with E-state index in [9.17, 15) is 0 Å². The quantitative estimate of drug-likeness (QED) is 0.321. The van der Waals surface area contributed by atoms with Crippen LogP contribution in [0.1, 0.15) is 6.92 Å². The summed E-state index contributed by atoms with van der Waals surface area (Å²) in [6, 6.07) is 0. The van der Waals surface area contributed by atoms with Crippen molar-refractivity contribution >= 4 is 16.1 Å². The van der Waals surface area contributed by atoms with Gasteiger partial charge >= 0.3 is 50.0 Å². The second-order valence-electron chi connectivity index (χ2n) is 7.68. The molecule has 3 nitrogen and oxygen atoms in total. The molecule has 0 amide bonds. The number of hydrogen-bond acceptors (Lipinski definition) is 0. The molecule has 0 aliphatic heterocycles. The van der Waals surface area contributed by atoms with E-state index in [4.69, 9.17) is 0 Å². The monoisotopic (exact) mass is 445 g/mol. The Kier molecular flexibility index (Phi) is 42.9. The van der Waals surface area contributed by atoms with Crippen molar-refractivity contribution in [2.24, 2.45) is 0 Å². The Morgan fingerprint density at radius 1 is 0.556 bits per heavy atom. The molecule has 158 valence electrons. The fraction of sp³-hybridized carbons (Fsp3) is 0.619. The molecule has 0 spiro atoms. The minimum Gasteiger partial charge on any atom is -0.668 e. The average Bonchev–Trinajstić information content (AvgIpc) is 2.51. The van der Waals surface area contributed by atoms with Crippen molar-refractivity contribution in [3.05, 3.63) is 62.1 Å². The second-order valence-corrected chi connectivity index (χ2v) is 18.3. The van der Waals surface area contributed by atoms with E-state index < -0.39 is 16.1 Å². The molecule has 0 aliphatic carbocycles. The molecule has 0 aromatic carbocycles. The Bertz CT molecular complexity index is 317. The van der Waals surface area contributed by atoms with Crippen LogP contribution in [0.3, 0.4) is 0 Å². The standard InChI is InChI=1S/C10H22Si2.C5H7.3C2H6N.Ti/c1-11(2,3)9-7-8-10-12(4,5)6;1-3-5-4-2;3*1-3-2;/h7-10H,1-6H3;1,3-5H,2H3;3*1-2H3;/q;;3*-1;+3. The van der Waals surface area contributed by atoms with E-state index >= 15 is 0 Å². The van der Waals surface area contributed by atoms with E-state index in [0.29, 0.717) is 0 Å². The summed E-state index contributed by atoms with van der Waals surface area (Å²) in [5.41, 5.74) is 4.76. The largest absolute Gasteiger partial charge is 0.668 e. The first kappa shape index (κ1) is 37.7. The molecule has 0 aromatic heterocycles. The third-order valence-corrected chi connectivity index (χ3v) is 4.39. The van der Waals surface area contributed by atoms with Crippen molar-refractivity contribution in [2.75, 3.05) is 42.3 Å². The van der Waals surface area contributed by atoms with Gasteiger partial charge in [0, 0.05) is 0 Å². The van der Waals surface area contributed by atoms with Crippen molar-refractivity contribution < 1.29 is 20.4 Å². The predicted molar refractivity (Wildman–Crippen MR) is 135 cm³/mol. The van der Waals surface area contributed by atoms with Gasteiger partial charge in [-0.1, -0.05) is 62.8 Å². The van der Waals surface area contributed by atoms with Crippen LogP contribution in [0.2, 0.25) is 39.3 Å². The minimum atomic E-state index is -0.970. The third-order valence-electron chi connectivity index (χ3n) is 1.70. The van der Waals surface area contributed by atoms with E-state index in [1.165, 1.54) is 0 Å². The first-order valence-corrected chi connectivity index (χ1v) is 17.2. The minimum absolute atomic E-state index is 0.970. The molecule has 0 N–H and O–H groups in total. The molecule has 0 aliphatic rings. The van der Waals surface area contributed by atoms with Crippen molar-refractivity contribution in [1.29, 1.82) is 0 Å². The van der Waals surface area contributed by atoms with Gasteiger partial charge in [-0.3, -0.25) is 0 Å². The van der Waals surface area contributed by atoms with Gasteiger partial charge in [0.1, 0.15) is 0 Å². The zero-order chi connectivity index (χ0) is 22.8. The summed E-state index contributed by atoms with van der Waals surface area (Å²) in [4.78, 5) is 0. The summed E-state index contributed by atoms with van der Waals surface area (Å²) in [6.45, 7) is 16.1. The Labute approximate surface area is 186 Å². The van der Waals surface area contributed by atoms with Gasteiger partial charge in [0.15, 0.2) is 0 Å². The molecule has 0 saturated heterocycles. The topological polar surface area (TPSA) is 42.3 Å². The molecule has 0 aromatic rings. The molecule has 0 atom stereocenters. The van der Waals surface area contributed by atoms with Crippen LogP contribution in [-0.4, -0.2) is 58.4 Å². The molecule has 0 saturated carbocycles. The van der Waals surface area contributed by atoms with Crippen molar-refractivity contribution in [3.63, 3.8) is 0 Å². The summed E-state index contributed by atoms with van der Waals surface area (Å²) in [5.74, 6) is 0. The molecule has 0 radical (unpaired) electrons. The van der Waals surface area contributed by atoms with Crippen LogP contribution < -0.4 is 0 Å². The van der Waals surface area contributed by atoms with Crippen LogP contribution in [0.5, 0.6) is 0 Å². The molecular formula is C21H47N3Si2Ti. The molecule has 27 heavy (non-hydrogen) atoms. The van der Waals surface area contributed by atoms with Crippen LogP contribution in [0.25, 0.3) is 16.0 Å². The van der Waals surface area contributed by atoms with E-state index in [0.717, 1.165) is 0 Å². The van der Waals surface area contributed by atoms with E-state index in [1.807, 2.05) is 50.0 Å². The predicted octanol–water partition coefficient (Wildman–Crippen LogP) is 7.34. The first-order valence-electron chi connectivity index (χ1n) is 9.13. The summed E-state index contributed by atoms with van der Waals surface area (Å²) in [5, 5.41) is 10.5. The van der Waals surface area contributed by atoms with Gasteiger partial charge in [-0.25, -0.2) is 0 Å². The summed E-state index contributed by atoms with van der Waals surface area (Å²) < 4.78 is 2.00. The molecule has 6 heteroatoms. The van der Waals surface area contributed by atoms with E-state index in [-0.39, 0.29) is 0 Å². The Morgan fingerprint density at radius 3 is 0.926 bits per heavy atom. The van der Waals surface area contributed by atoms with Crippen LogP contribution in [0.15, 0.2) is 46.2 Å². The van der Waals surface area contributed by atoms with Crippen LogP contribution in [0.4, 0.5) is 0 Å². The molecule has 0 bridgehead atoms. The Morgan fingerprint density at radius 2 is 0.815 bits per heavy atom. The van der Waals surface area contributed by atoms with Gasteiger partial charge in [-0.2, -0.15) is 42.3 Å². The van der Waals surface area contributed by atoms with E-state index in [2.05, 4.69) is 78.8 Å². The summed E-state index contributed by atoms with van der Waals surface area (Å²) in [6.07, 6.45) is 10.5. The van der Waals surface area contributed by atoms with Gasteiger partial charge in [0.2, 0.25) is 0 Å². The molecule has 0 heterocycles. The van der Waals surface area contributed by atoms with E-state index in [1.54, 1.807) is 42.3 Å². The number of hydrogen-bond donors (Lipinski definition) is 0. The zero-order valence-electron chi connectivity index (χ0n) is 20.5.